The first kappa shape index (κ1) is 14.5. The van der Waals surface area contributed by atoms with Crippen LogP contribution < -0.4 is 5.73 Å². The molecule has 2 N–H and O–H groups in total. The van der Waals surface area contributed by atoms with Gasteiger partial charge in [-0.25, -0.2) is 23.7 Å². The van der Waals surface area contributed by atoms with Gasteiger partial charge in [-0.05, 0) is 30.7 Å². The fraction of sp³-hybridized carbons (Fsp3) is 0.267. The summed E-state index contributed by atoms with van der Waals surface area (Å²) in [5, 5.41) is 0. The molecule has 1 aliphatic heterocycles. The largest absolute Gasteiger partial charge is 0.326 e. The van der Waals surface area contributed by atoms with E-state index in [0.29, 0.717) is 0 Å². The van der Waals surface area contributed by atoms with Crippen molar-refractivity contribution in [1.82, 2.24) is 19.5 Å². The lowest BCUT2D eigenvalue weighted by molar-refractivity contribution is 0.461. The van der Waals surface area contributed by atoms with Crippen LogP contribution in [0.15, 0.2) is 36.8 Å². The van der Waals surface area contributed by atoms with Crippen molar-refractivity contribution in [2.75, 3.05) is 0 Å². The maximum Gasteiger partial charge on any atom is 0.181 e. The second-order valence-corrected chi connectivity index (χ2v) is 5.11. The van der Waals surface area contributed by atoms with Gasteiger partial charge in [0.15, 0.2) is 5.65 Å². The van der Waals surface area contributed by atoms with Crippen LogP contribution in [0.25, 0.3) is 11.2 Å². The van der Waals surface area contributed by atoms with Gasteiger partial charge in [0.25, 0.3) is 0 Å². The molecule has 0 saturated heterocycles. The number of imidazole rings is 1. The second-order valence-electron chi connectivity index (χ2n) is 5.11. The van der Waals surface area contributed by atoms with Gasteiger partial charge in [0, 0.05) is 19.0 Å². The van der Waals surface area contributed by atoms with E-state index in [0.717, 1.165) is 60.6 Å². The molecule has 1 atom stereocenters. The Hall–Kier alpha value is -2.41. The van der Waals surface area contributed by atoms with Crippen LogP contribution in [0.4, 0.5) is 8.78 Å². The molecular formula is C15H15F2N5. The average Bonchev–Trinajstić information content (AvgIpc) is 2.89. The smallest absolute Gasteiger partial charge is 0.181 e. The minimum atomic E-state index is -0.411. The number of hydrogen-bond acceptors (Lipinski definition) is 4. The average molecular weight is 303 g/mol. The highest BCUT2D eigenvalue weighted by Crippen LogP contribution is 2.19. The van der Waals surface area contributed by atoms with E-state index in [9.17, 15) is 8.78 Å². The summed E-state index contributed by atoms with van der Waals surface area (Å²) in [4.78, 5) is 12.6. The Labute approximate surface area is 125 Å². The maximum absolute atomic E-state index is 11.9. The Bertz CT molecular complexity index is 748. The lowest BCUT2D eigenvalue weighted by atomic mass is 10.1. The molecule has 0 amide bonds. The first-order chi connectivity index (χ1) is 10.6. The number of aryl methyl sites for hydroxylation is 1. The molecule has 1 aromatic carbocycles. The van der Waals surface area contributed by atoms with Crippen molar-refractivity contribution < 1.29 is 8.78 Å². The van der Waals surface area contributed by atoms with E-state index in [2.05, 4.69) is 19.5 Å². The standard InChI is InChI=1S/C9H11N5.C6H4F2/c10-6-1-2-8-13-9-7(14(8)4-6)3-11-5-12-9;7-5-1-2-6(8)4-3-5/h3,5-6H,1-2,4,10H2;1-4H/t6-;/m1./s1. The lowest BCUT2D eigenvalue weighted by Gasteiger charge is -2.20. The number of fused-ring (bicyclic) bond motifs is 3. The number of nitrogens with zero attached hydrogens (tertiary/aromatic N) is 4. The van der Waals surface area contributed by atoms with Gasteiger partial charge in [-0.3, -0.25) is 0 Å². The summed E-state index contributed by atoms with van der Waals surface area (Å²) in [7, 11) is 0. The van der Waals surface area contributed by atoms with Crippen molar-refractivity contribution in [3.05, 3.63) is 54.2 Å². The number of aromatic nitrogens is 4. The van der Waals surface area contributed by atoms with E-state index in [1.807, 2.05) is 0 Å². The molecule has 0 fully saturated rings. The van der Waals surface area contributed by atoms with Crippen molar-refractivity contribution in [3.8, 4) is 0 Å². The Morgan fingerprint density at radius 2 is 1.82 bits per heavy atom. The van der Waals surface area contributed by atoms with E-state index in [1.165, 1.54) is 6.33 Å². The zero-order valence-corrected chi connectivity index (χ0v) is 11.8. The number of rotatable bonds is 0. The summed E-state index contributed by atoms with van der Waals surface area (Å²) in [6.45, 7) is 0.833. The van der Waals surface area contributed by atoms with Gasteiger partial charge < -0.3 is 10.3 Å². The lowest BCUT2D eigenvalue weighted by Crippen LogP contribution is -2.31. The summed E-state index contributed by atoms with van der Waals surface area (Å²) >= 11 is 0. The highest BCUT2D eigenvalue weighted by atomic mass is 19.1. The van der Waals surface area contributed by atoms with Crippen molar-refractivity contribution in [2.45, 2.75) is 25.4 Å². The Kier molecular flexibility index (Phi) is 4.06. The highest BCUT2D eigenvalue weighted by Gasteiger charge is 2.19. The summed E-state index contributed by atoms with van der Waals surface area (Å²) in [5.41, 5.74) is 7.69. The van der Waals surface area contributed by atoms with Crippen molar-refractivity contribution >= 4 is 11.2 Å². The number of hydrogen-bond donors (Lipinski definition) is 1. The molecule has 22 heavy (non-hydrogen) atoms. The predicted octanol–water partition coefficient (Wildman–Crippen LogP) is 2.06. The third-order valence-electron chi connectivity index (χ3n) is 3.47. The van der Waals surface area contributed by atoms with Crippen LogP contribution in [0.3, 0.4) is 0 Å². The van der Waals surface area contributed by atoms with Crippen LogP contribution in [0, 0.1) is 11.6 Å². The van der Waals surface area contributed by atoms with Crippen LogP contribution in [0.5, 0.6) is 0 Å². The van der Waals surface area contributed by atoms with Gasteiger partial charge in [0.05, 0.1) is 6.20 Å². The maximum atomic E-state index is 11.9. The van der Waals surface area contributed by atoms with E-state index in [-0.39, 0.29) is 6.04 Å². The molecule has 5 nitrogen and oxygen atoms in total. The highest BCUT2D eigenvalue weighted by molar-refractivity contribution is 5.70. The molecule has 0 spiro atoms. The molecule has 3 aromatic rings. The molecule has 0 unspecified atom stereocenters. The third kappa shape index (κ3) is 3.09. The molecule has 0 bridgehead atoms. The molecule has 3 heterocycles. The van der Waals surface area contributed by atoms with Crippen LogP contribution in [-0.2, 0) is 13.0 Å². The van der Waals surface area contributed by atoms with E-state index >= 15 is 0 Å². The van der Waals surface area contributed by atoms with Gasteiger partial charge in [0.1, 0.15) is 29.3 Å². The molecule has 2 aromatic heterocycles. The summed E-state index contributed by atoms with van der Waals surface area (Å²) in [6, 6.07) is 4.55. The molecule has 114 valence electrons. The monoisotopic (exact) mass is 303 g/mol. The Morgan fingerprint density at radius 3 is 2.50 bits per heavy atom. The fourth-order valence-electron chi connectivity index (χ4n) is 2.38. The molecule has 4 rings (SSSR count). The quantitative estimate of drug-likeness (QED) is 0.690. The van der Waals surface area contributed by atoms with E-state index in [1.54, 1.807) is 6.20 Å². The van der Waals surface area contributed by atoms with Crippen molar-refractivity contribution in [1.29, 1.82) is 0 Å². The van der Waals surface area contributed by atoms with Crippen LogP contribution in [-0.4, -0.2) is 25.6 Å². The summed E-state index contributed by atoms with van der Waals surface area (Å²) in [6.07, 6.45) is 5.28. The molecule has 0 saturated carbocycles. The Balaban J connectivity index is 0.000000154. The molecular weight excluding hydrogens is 288 g/mol. The van der Waals surface area contributed by atoms with Gasteiger partial charge in [-0.1, -0.05) is 0 Å². The van der Waals surface area contributed by atoms with Crippen molar-refractivity contribution in [3.63, 3.8) is 0 Å². The van der Waals surface area contributed by atoms with E-state index < -0.39 is 11.6 Å². The van der Waals surface area contributed by atoms with Crippen LogP contribution in [0.2, 0.25) is 0 Å². The summed E-state index contributed by atoms with van der Waals surface area (Å²) < 4.78 is 26.0. The second kappa shape index (κ2) is 6.15. The first-order valence-electron chi connectivity index (χ1n) is 6.95. The third-order valence-corrected chi connectivity index (χ3v) is 3.47. The normalized spacial score (nSPS) is 16.8. The minimum absolute atomic E-state index is 0.236. The molecule has 0 radical (unpaired) electrons. The predicted molar refractivity (Wildman–Crippen MR) is 78.0 cm³/mol. The van der Waals surface area contributed by atoms with Crippen LogP contribution >= 0.6 is 0 Å². The summed E-state index contributed by atoms with van der Waals surface area (Å²) in [5.74, 6) is 0.264. The molecule has 1 aliphatic rings. The first-order valence-corrected chi connectivity index (χ1v) is 6.95. The SMILES string of the molecule is Fc1ccc(F)cc1.N[C@@H]1CCc2nc3ncncc3n2C1. The number of halogens is 2. The molecule has 0 aliphatic carbocycles. The Morgan fingerprint density at radius 1 is 1.14 bits per heavy atom. The minimum Gasteiger partial charge on any atom is -0.326 e. The van der Waals surface area contributed by atoms with Crippen molar-refractivity contribution in [2.24, 2.45) is 5.73 Å². The van der Waals surface area contributed by atoms with E-state index in [4.69, 9.17) is 5.73 Å². The fourth-order valence-corrected chi connectivity index (χ4v) is 2.38. The number of benzene rings is 1. The molecule has 7 heteroatoms. The van der Waals surface area contributed by atoms with Gasteiger partial charge in [-0.15, -0.1) is 0 Å². The zero-order chi connectivity index (χ0) is 15.5. The van der Waals surface area contributed by atoms with Gasteiger partial charge >= 0.3 is 0 Å². The number of nitrogens with two attached hydrogens (primary N) is 1. The van der Waals surface area contributed by atoms with Crippen LogP contribution in [0.1, 0.15) is 12.2 Å². The zero-order valence-electron chi connectivity index (χ0n) is 11.8. The van der Waals surface area contributed by atoms with Gasteiger partial charge in [0.2, 0.25) is 0 Å². The van der Waals surface area contributed by atoms with Gasteiger partial charge in [-0.2, -0.15) is 0 Å². The topological polar surface area (TPSA) is 69.6 Å².